The van der Waals surface area contributed by atoms with E-state index in [9.17, 15) is 18.8 Å². The van der Waals surface area contributed by atoms with Crippen LogP contribution in [0.3, 0.4) is 0 Å². The van der Waals surface area contributed by atoms with Crippen molar-refractivity contribution in [3.8, 4) is 0 Å². The van der Waals surface area contributed by atoms with Crippen molar-refractivity contribution in [1.29, 1.82) is 0 Å². The van der Waals surface area contributed by atoms with Crippen LogP contribution in [0.15, 0.2) is 48.5 Å². The molecule has 0 aliphatic rings. The molecular formula is C20H22FN3O3. The van der Waals surface area contributed by atoms with Gasteiger partial charge in [-0.25, -0.2) is 4.39 Å². The van der Waals surface area contributed by atoms with Gasteiger partial charge in [-0.15, -0.1) is 0 Å². The van der Waals surface area contributed by atoms with E-state index in [1.165, 1.54) is 12.1 Å². The van der Waals surface area contributed by atoms with Crippen LogP contribution in [0.2, 0.25) is 0 Å². The smallest absolute Gasteiger partial charge is 0.251 e. The Bertz CT molecular complexity index is 809. The van der Waals surface area contributed by atoms with Crippen LogP contribution in [0.25, 0.3) is 0 Å². The summed E-state index contributed by atoms with van der Waals surface area (Å²) in [5.74, 6) is -1.31. The quantitative estimate of drug-likeness (QED) is 0.619. The molecule has 3 amide bonds. The number of nitrogens with one attached hydrogen (secondary N) is 3. The first-order valence-corrected chi connectivity index (χ1v) is 8.61. The molecule has 2 aromatic carbocycles. The van der Waals surface area contributed by atoms with E-state index in [-0.39, 0.29) is 43.4 Å². The lowest BCUT2D eigenvalue weighted by Gasteiger charge is -2.08. The highest BCUT2D eigenvalue weighted by atomic mass is 19.1. The third-order valence-electron chi connectivity index (χ3n) is 3.84. The molecule has 0 saturated carbocycles. The normalized spacial score (nSPS) is 10.1. The van der Waals surface area contributed by atoms with Gasteiger partial charge in [-0.05, 0) is 36.8 Å². The zero-order chi connectivity index (χ0) is 19.6. The molecule has 0 heterocycles. The average molecular weight is 371 g/mol. The van der Waals surface area contributed by atoms with E-state index in [2.05, 4.69) is 16.0 Å². The van der Waals surface area contributed by atoms with Crippen LogP contribution in [0.5, 0.6) is 0 Å². The number of amides is 3. The summed E-state index contributed by atoms with van der Waals surface area (Å²) in [6, 6.07) is 13.0. The van der Waals surface area contributed by atoms with Crippen molar-refractivity contribution in [2.45, 2.75) is 13.3 Å². The number of hydrogen-bond donors (Lipinski definition) is 3. The minimum Gasteiger partial charge on any atom is -0.354 e. The van der Waals surface area contributed by atoms with Crippen molar-refractivity contribution >= 4 is 17.7 Å². The van der Waals surface area contributed by atoms with Gasteiger partial charge in [0.15, 0.2) is 0 Å². The van der Waals surface area contributed by atoms with Crippen LogP contribution in [0.4, 0.5) is 4.39 Å². The van der Waals surface area contributed by atoms with E-state index in [0.29, 0.717) is 11.1 Å². The number of hydrogen-bond acceptors (Lipinski definition) is 3. The maximum atomic E-state index is 13.5. The van der Waals surface area contributed by atoms with Crippen molar-refractivity contribution in [3.05, 3.63) is 71.0 Å². The predicted octanol–water partition coefficient (Wildman–Crippen LogP) is 1.80. The van der Waals surface area contributed by atoms with Crippen LogP contribution < -0.4 is 16.0 Å². The fourth-order valence-electron chi connectivity index (χ4n) is 2.28. The number of benzene rings is 2. The third kappa shape index (κ3) is 6.54. The van der Waals surface area contributed by atoms with Crippen molar-refractivity contribution in [1.82, 2.24) is 16.0 Å². The number of aryl methyl sites for hydroxylation is 1. The van der Waals surface area contributed by atoms with Crippen LogP contribution in [-0.4, -0.2) is 37.4 Å². The summed E-state index contributed by atoms with van der Waals surface area (Å²) >= 11 is 0. The number of rotatable bonds is 8. The Labute approximate surface area is 157 Å². The summed E-state index contributed by atoms with van der Waals surface area (Å²) in [7, 11) is 0. The van der Waals surface area contributed by atoms with E-state index >= 15 is 0 Å². The molecule has 0 aliphatic heterocycles. The van der Waals surface area contributed by atoms with Crippen LogP contribution in [0, 0.1) is 12.7 Å². The first kappa shape index (κ1) is 20.1. The molecule has 0 spiro atoms. The minimum absolute atomic E-state index is 0.135. The summed E-state index contributed by atoms with van der Waals surface area (Å²) in [6.07, 6.45) is 0.135. The molecule has 0 saturated heterocycles. The van der Waals surface area contributed by atoms with Gasteiger partial charge < -0.3 is 16.0 Å². The van der Waals surface area contributed by atoms with Crippen LogP contribution >= 0.6 is 0 Å². The number of carbonyl (C=O) groups excluding carboxylic acids is 3. The summed E-state index contributed by atoms with van der Waals surface area (Å²) < 4.78 is 13.5. The molecule has 142 valence electrons. The Morgan fingerprint density at radius 3 is 2.15 bits per heavy atom. The summed E-state index contributed by atoms with van der Waals surface area (Å²) in [5.41, 5.74) is 1.24. The van der Waals surface area contributed by atoms with Gasteiger partial charge in [0, 0.05) is 37.2 Å². The molecule has 0 aliphatic carbocycles. The van der Waals surface area contributed by atoms with Crippen LogP contribution in [-0.2, 0) is 4.79 Å². The van der Waals surface area contributed by atoms with Gasteiger partial charge in [0.25, 0.3) is 11.8 Å². The van der Waals surface area contributed by atoms with Crippen molar-refractivity contribution in [2.24, 2.45) is 0 Å². The monoisotopic (exact) mass is 371 g/mol. The van der Waals surface area contributed by atoms with E-state index in [1.54, 1.807) is 37.3 Å². The molecule has 0 radical (unpaired) electrons. The average Bonchev–Trinajstić information content (AvgIpc) is 2.67. The Kier molecular flexibility index (Phi) is 7.49. The summed E-state index contributed by atoms with van der Waals surface area (Å²) in [5, 5.41) is 7.92. The largest absolute Gasteiger partial charge is 0.354 e. The highest BCUT2D eigenvalue weighted by molar-refractivity contribution is 5.94. The Morgan fingerprint density at radius 1 is 0.815 bits per heavy atom. The first-order valence-electron chi connectivity index (χ1n) is 8.61. The molecule has 0 atom stereocenters. The number of halogens is 1. The Morgan fingerprint density at radius 2 is 1.44 bits per heavy atom. The summed E-state index contributed by atoms with van der Waals surface area (Å²) in [6.45, 7) is 2.30. The zero-order valence-corrected chi connectivity index (χ0v) is 15.0. The lowest BCUT2D eigenvalue weighted by molar-refractivity contribution is -0.120. The lowest BCUT2D eigenvalue weighted by Crippen LogP contribution is -2.36. The van der Waals surface area contributed by atoms with Gasteiger partial charge in [0.2, 0.25) is 5.91 Å². The molecule has 0 bridgehead atoms. The van der Waals surface area contributed by atoms with Gasteiger partial charge in [0.05, 0.1) is 0 Å². The van der Waals surface area contributed by atoms with Gasteiger partial charge in [-0.2, -0.15) is 0 Å². The SMILES string of the molecule is Cc1ccc(C(=O)NCCNC(=O)CCNC(=O)c2ccccc2)cc1F. The molecule has 0 aromatic heterocycles. The third-order valence-corrected chi connectivity index (χ3v) is 3.84. The highest BCUT2D eigenvalue weighted by Crippen LogP contribution is 2.08. The van der Waals surface area contributed by atoms with Gasteiger partial charge >= 0.3 is 0 Å². The standard InChI is InChI=1S/C20H22FN3O3/c1-14-7-8-16(13-17(14)21)20(27)24-12-11-22-18(25)9-10-23-19(26)15-5-3-2-4-6-15/h2-8,13H,9-12H2,1H3,(H,22,25)(H,23,26)(H,24,27). The van der Waals surface area contributed by atoms with Gasteiger partial charge in [-0.1, -0.05) is 24.3 Å². The first-order chi connectivity index (χ1) is 13.0. The molecule has 7 heteroatoms. The van der Waals surface area contributed by atoms with E-state index < -0.39 is 11.7 Å². The van der Waals surface area contributed by atoms with Crippen molar-refractivity contribution < 1.29 is 18.8 Å². The second-order valence-corrected chi connectivity index (χ2v) is 5.94. The van der Waals surface area contributed by atoms with Crippen molar-refractivity contribution in [2.75, 3.05) is 19.6 Å². The van der Waals surface area contributed by atoms with E-state index in [0.717, 1.165) is 0 Å². The lowest BCUT2D eigenvalue weighted by atomic mass is 10.1. The molecule has 0 fully saturated rings. The number of carbonyl (C=O) groups is 3. The summed E-state index contributed by atoms with van der Waals surface area (Å²) in [4.78, 5) is 35.5. The zero-order valence-electron chi connectivity index (χ0n) is 15.0. The fourth-order valence-corrected chi connectivity index (χ4v) is 2.28. The second-order valence-electron chi connectivity index (χ2n) is 5.94. The topological polar surface area (TPSA) is 87.3 Å². The predicted molar refractivity (Wildman–Crippen MR) is 99.9 cm³/mol. The Balaban J connectivity index is 1.61. The minimum atomic E-state index is -0.437. The van der Waals surface area contributed by atoms with E-state index in [1.807, 2.05) is 6.07 Å². The molecule has 27 heavy (non-hydrogen) atoms. The Hall–Kier alpha value is -3.22. The molecule has 0 unspecified atom stereocenters. The van der Waals surface area contributed by atoms with E-state index in [4.69, 9.17) is 0 Å². The van der Waals surface area contributed by atoms with Gasteiger partial charge in [0.1, 0.15) is 5.82 Å². The molecular weight excluding hydrogens is 349 g/mol. The highest BCUT2D eigenvalue weighted by Gasteiger charge is 2.08. The second kappa shape index (κ2) is 10.1. The van der Waals surface area contributed by atoms with Crippen molar-refractivity contribution in [3.63, 3.8) is 0 Å². The van der Waals surface area contributed by atoms with Gasteiger partial charge in [-0.3, -0.25) is 14.4 Å². The molecule has 6 nitrogen and oxygen atoms in total. The fraction of sp³-hybridized carbons (Fsp3) is 0.250. The maximum Gasteiger partial charge on any atom is 0.251 e. The molecule has 2 aromatic rings. The maximum absolute atomic E-state index is 13.5. The molecule has 2 rings (SSSR count). The molecule has 3 N–H and O–H groups in total. The van der Waals surface area contributed by atoms with Crippen LogP contribution in [0.1, 0.15) is 32.7 Å².